The van der Waals surface area contributed by atoms with E-state index in [1.165, 1.54) is 11.3 Å². The van der Waals surface area contributed by atoms with Crippen molar-refractivity contribution >= 4 is 27.7 Å². The lowest BCUT2D eigenvalue weighted by atomic mass is 10.3. The number of ether oxygens (including phenoxy) is 1. The van der Waals surface area contributed by atoms with Crippen molar-refractivity contribution in [1.29, 1.82) is 0 Å². The zero-order valence-corrected chi connectivity index (χ0v) is 8.17. The summed E-state index contributed by atoms with van der Waals surface area (Å²) in [4.78, 5) is 15.3. The molecule has 0 unspecified atom stereocenters. The van der Waals surface area contributed by atoms with Crippen molar-refractivity contribution in [2.24, 2.45) is 0 Å². The normalized spacial score (nSPS) is 10.4. The number of pyridine rings is 1. The van der Waals surface area contributed by atoms with Crippen LogP contribution in [0.4, 0.5) is 4.79 Å². The van der Waals surface area contributed by atoms with Crippen LogP contribution in [0.1, 0.15) is 5.69 Å². The average Bonchev–Trinajstić information content (AvgIpc) is 2.44. The van der Waals surface area contributed by atoms with Gasteiger partial charge in [0.1, 0.15) is 4.83 Å². The van der Waals surface area contributed by atoms with Gasteiger partial charge in [0.15, 0.2) is 5.06 Å². The van der Waals surface area contributed by atoms with Gasteiger partial charge in [-0.3, -0.25) is 0 Å². The maximum Gasteiger partial charge on any atom is 0.512 e. The van der Waals surface area contributed by atoms with Crippen LogP contribution in [0.2, 0.25) is 0 Å². The Balaban J connectivity index is 2.46. The monoisotopic (exact) mass is 209 g/mol. The standard InChI is InChI=1S/C9H7NO3S/c1-5-2-3-6-4-7(13-9(11)12)14-8(6)10-5/h2-4H,1H3,(H,11,12). The van der Waals surface area contributed by atoms with E-state index in [4.69, 9.17) is 5.11 Å². The van der Waals surface area contributed by atoms with Crippen molar-refractivity contribution in [1.82, 2.24) is 4.98 Å². The molecule has 2 heterocycles. The molecule has 4 nitrogen and oxygen atoms in total. The van der Waals surface area contributed by atoms with E-state index in [1.807, 2.05) is 19.1 Å². The van der Waals surface area contributed by atoms with Gasteiger partial charge >= 0.3 is 6.16 Å². The second-order valence-corrected chi connectivity index (χ2v) is 3.77. The van der Waals surface area contributed by atoms with Crippen LogP contribution >= 0.6 is 11.3 Å². The fourth-order valence-electron chi connectivity index (χ4n) is 1.12. The quantitative estimate of drug-likeness (QED) is 0.733. The van der Waals surface area contributed by atoms with E-state index in [-0.39, 0.29) is 0 Å². The highest BCUT2D eigenvalue weighted by Gasteiger charge is 2.07. The summed E-state index contributed by atoms with van der Waals surface area (Å²) in [6.45, 7) is 1.89. The molecular weight excluding hydrogens is 202 g/mol. The zero-order chi connectivity index (χ0) is 10.1. The van der Waals surface area contributed by atoms with Gasteiger partial charge in [0, 0.05) is 17.1 Å². The molecule has 0 bridgehead atoms. The minimum Gasteiger partial charge on any atom is -0.449 e. The third kappa shape index (κ3) is 1.67. The Labute approximate surface area is 83.8 Å². The Bertz CT molecular complexity index is 492. The molecule has 0 saturated heterocycles. The maximum absolute atomic E-state index is 10.3. The lowest BCUT2D eigenvalue weighted by Crippen LogP contribution is -2.00. The first-order valence-corrected chi connectivity index (χ1v) is 4.75. The average molecular weight is 209 g/mol. The highest BCUT2D eigenvalue weighted by Crippen LogP contribution is 2.30. The Morgan fingerprint density at radius 2 is 2.36 bits per heavy atom. The summed E-state index contributed by atoms with van der Waals surface area (Å²) in [6.07, 6.45) is -1.30. The molecule has 0 radical (unpaired) electrons. The van der Waals surface area contributed by atoms with Crippen LogP contribution in [0.3, 0.4) is 0 Å². The van der Waals surface area contributed by atoms with Crippen molar-refractivity contribution in [3.8, 4) is 5.06 Å². The molecule has 14 heavy (non-hydrogen) atoms. The summed E-state index contributed by atoms with van der Waals surface area (Å²) in [5.41, 5.74) is 0.904. The molecule has 2 rings (SSSR count). The first-order chi connectivity index (χ1) is 6.65. The first-order valence-electron chi connectivity index (χ1n) is 3.93. The second kappa shape index (κ2) is 3.26. The van der Waals surface area contributed by atoms with Crippen LogP contribution < -0.4 is 4.74 Å². The number of hydrogen-bond acceptors (Lipinski definition) is 4. The number of thiophene rings is 1. The van der Waals surface area contributed by atoms with E-state index in [1.54, 1.807) is 6.07 Å². The summed E-state index contributed by atoms with van der Waals surface area (Å²) < 4.78 is 4.53. The topological polar surface area (TPSA) is 59.4 Å². The number of aryl methyl sites for hydroxylation is 1. The minimum absolute atomic E-state index is 0.352. The van der Waals surface area contributed by atoms with E-state index >= 15 is 0 Å². The molecule has 5 heteroatoms. The molecule has 0 fully saturated rings. The van der Waals surface area contributed by atoms with Crippen molar-refractivity contribution in [2.75, 3.05) is 0 Å². The number of aromatic nitrogens is 1. The number of hydrogen-bond donors (Lipinski definition) is 1. The van der Waals surface area contributed by atoms with Gasteiger partial charge in [0.2, 0.25) is 0 Å². The van der Waals surface area contributed by atoms with Crippen molar-refractivity contribution < 1.29 is 14.6 Å². The number of fused-ring (bicyclic) bond motifs is 1. The van der Waals surface area contributed by atoms with Crippen LogP contribution in [0.25, 0.3) is 10.2 Å². The van der Waals surface area contributed by atoms with Crippen molar-refractivity contribution in [2.45, 2.75) is 6.92 Å². The fraction of sp³-hybridized carbons (Fsp3) is 0.111. The molecule has 0 aliphatic carbocycles. The highest BCUT2D eigenvalue weighted by atomic mass is 32.1. The lowest BCUT2D eigenvalue weighted by Gasteiger charge is -1.90. The molecular formula is C9H7NO3S. The molecule has 72 valence electrons. The van der Waals surface area contributed by atoms with Gasteiger partial charge in [-0.15, -0.1) is 0 Å². The maximum atomic E-state index is 10.3. The van der Waals surface area contributed by atoms with Gasteiger partial charge in [0.25, 0.3) is 0 Å². The third-order valence-corrected chi connectivity index (χ3v) is 2.61. The van der Waals surface area contributed by atoms with E-state index in [2.05, 4.69) is 9.72 Å². The predicted molar refractivity (Wildman–Crippen MR) is 53.0 cm³/mol. The molecule has 2 aromatic rings. The minimum atomic E-state index is -1.30. The van der Waals surface area contributed by atoms with Gasteiger partial charge in [-0.2, -0.15) is 0 Å². The fourth-order valence-corrected chi connectivity index (χ4v) is 2.05. The van der Waals surface area contributed by atoms with Crippen LogP contribution in [-0.4, -0.2) is 16.2 Å². The first kappa shape index (κ1) is 8.96. The molecule has 2 aromatic heterocycles. The highest BCUT2D eigenvalue weighted by molar-refractivity contribution is 7.20. The lowest BCUT2D eigenvalue weighted by molar-refractivity contribution is 0.146. The van der Waals surface area contributed by atoms with Crippen molar-refractivity contribution in [3.05, 3.63) is 23.9 Å². The van der Waals surface area contributed by atoms with Gasteiger partial charge in [-0.25, -0.2) is 9.78 Å². The van der Waals surface area contributed by atoms with E-state index in [9.17, 15) is 4.79 Å². The molecule has 0 atom stereocenters. The van der Waals surface area contributed by atoms with E-state index in [0.29, 0.717) is 5.06 Å². The summed E-state index contributed by atoms with van der Waals surface area (Å²) in [6, 6.07) is 5.43. The smallest absolute Gasteiger partial charge is 0.449 e. The number of rotatable bonds is 1. The Hall–Kier alpha value is -1.62. The van der Waals surface area contributed by atoms with Gasteiger partial charge in [-0.1, -0.05) is 11.3 Å². The van der Waals surface area contributed by atoms with Crippen LogP contribution in [0.5, 0.6) is 5.06 Å². The van der Waals surface area contributed by atoms with Crippen LogP contribution in [0, 0.1) is 6.92 Å². The SMILES string of the molecule is Cc1ccc2cc(OC(=O)O)sc2n1. The summed E-state index contributed by atoms with van der Waals surface area (Å²) in [7, 11) is 0. The summed E-state index contributed by atoms with van der Waals surface area (Å²) >= 11 is 1.23. The largest absolute Gasteiger partial charge is 0.512 e. The summed E-state index contributed by atoms with van der Waals surface area (Å²) in [5.74, 6) is 0. The van der Waals surface area contributed by atoms with Gasteiger partial charge < -0.3 is 9.84 Å². The molecule has 0 aliphatic rings. The number of carboxylic acid groups (broad SMARTS) is 1. The zero-order valence-electron chi connectivity index (χ0n) is 7.35. The predicted octanol–water partition coefficient (Wildman–Crippen LogP) is 2.66. The Kier molecular flexibility index (Phi) is 2.09. The molecule has 0 aliphatic heterocycles. The van der Waals surface area contributed by atoms with Crippen molar-refractivity contribution in [3.63, 3.8) is 0 Å². The van der Waals surface area contributed by atoms with Crippen LogP contribution in [-0.2, 0) is 0 Å². The number of carbonyl (C=O) groups is 1. The van der Waals surface area contributed by atoms with E-state index < -0.39 is 6.16 Å². The molecule has 0 spiro atoms. The van der Waals surface area contributed by atoms with Gasteiger partial charge in [-0.05, 0) is 19.1 Å². The molecule has 1 N–H and O–H groups in total. The molecule has 0 amide bonds. The number of nitrogens with zero attached hydrogens (tertiary/aromatic N) is 1. The summed E-state index contributed by atoms with van der Waals surface area (Å²) in [5, 5.41) is 9.66. The van der Waals surface area contributed by atoms with Gasteiger partial charge in [0.05, 0.1) is 0 Å². The molecule has 0 saturated carbocycles. The Morgan fingerprint density at radius 1 is 1.57 bits per heavy atom. The van der Waals surface area contributed by atoms with Crippen LogP contribution in [0.15, 0.2) is 18.2 Å². The van der Waals surface area contributed by atoms with E-state index in [0.717, 1.165) is 15.9 Å². The Morgan fingerprint density at radius 3 is 3.07 bits per heavy atom. The molecule has 0 aromatic carbocycles. The second-order valence-electron chi connectivity index (χ2n) is 2.78. The third-order valence-electron chi connectivity index (χ3n) is 1.69.